The SMILES string of the molecule is CCCn1nccc1C(=O)c1cc2c(s1)CCSC2. The Kier molecular flexibility index (Phi) is 3.75. The molecule has 0 fully saturated rings. The van der Waals surface area contributed by atoms with E-state index in [1.54, 1.807) is 17.5 Å². The molecular weight excluding hydrogens is 276 g/mol. The molecule has 0 saturated carbocycles. The Hall–Kier alpha value is -1.07. The molecule has 3 nitrogen and oxygen atoms in total. The van der Waals surface area contributed by atoms with E-state index in [2.05, 4.69) is 18.1 Å². The van der Waals surface area contributed by atoms with E-state index in [1.807, 2.05) is 22.5 Å². The highest BCUT2D eigenvalue weighted by Gasteiger charge is 2.20. The normalized spacial score (nSPS) is 14.4. The number of thioether (sulfide) groups is 1. The number of hydrogen-bond acceptors (Lipinski definition) is 4. The molecule has 1 aliphatic heterocycles. The van der Waals surface area contributed by atoms with Crippen molar-refractivity contribution < 1.29 is 4.79 Å². The van der Waals surface area contributed by atoms with Crippen molar-refractivity contribution in [3.05, 3.63) is 39.3 Å². The molecule has 0 aliphatic carbocycles. The van der Waals surface area contributed by atoms with Crippen molar-refractivity contribution in [1.29, 1.82) is 0 Å². The molecule has 0 bridgehead atoms. The first-order chi connectivity index (χ1) is 9.29. The van der Waals surface area contributed by atoms with Gasteiger partial charge in [-0.15, -0.1) is 11.3 Å². The van der Waals surface area contributed by atoms with Gasteiger partial charge >= 0.3 is 0 Å². The second-order valence-corrected chi connectivity index (χ2v) is 6.87. The molecule has 0 saturated heterocycles. The van der Waals surface area contributed by atoms with E-state index in [4.69, 9.17) is 0 Å². The fourth-order valence-corrected chi connectivity index (χ4v) is 4.62. The third-order valence-electron chi connectivity index (χ3n) is 3.24. The summed E-state index contributed by atoms with van der Waals surface area (Å²) in [5.74, 6) is 2.35. The lowest BCUT2D eigenvalue weighted by Crippen LogP contribution is -2.10. The number of aromatic nitrogens is 2. The second-order valence-electron chi connectivity index (χ2n) is 4.63. The molecule has 1 aliphatic rings. The summed E-state index contributed by atoms with van der Waals surface area (Å²) in [4.78, 5) is 14.8. The van der Waals surface area contributed by atoms with Crippen LogP contribution in [0.3, 0.4) is 0 Å². The third kappa shape index (κ3) is 2.49. The van der Waals surface area contributed by atoms with Crippen molar-refractivity contribution in [2.75, 3.05) is 5.75 Å². The van der Waals surface area contributed by atoms with Crippen molar-refractivity contribution >= 4 is 28.9 Å². The number of carbonyl (C=O) groups is 1. The molecule has 3 heterocycles. The van der Waals surface area contributed by atoms with Crippen LogP contribution in [-0.4, -0.2) is 21.3 Å². The van der Waals surface area contributed by atoms with Gasteiger partial charge in [-0.1, -0.05) is 6.92 Å². The maximum absolute atomic E-state index is 12.6. The van der Waals surface area contributed by atoms with Crippen LogP contribution in [0.15, 0.2) is 18.3 Å². The number of nitrogens with zero attached hydrogens (tertiary/aromatic N) is 2. The lowest BCUT2D eigenvalue weighted by molar-refractivity contribution is 0.103. The van der Waals surface area contributed by atoms with Gasteiger partial charge in [0, 0.05) is 23.4 Å². The quantitative estimate of drug-likeness (QED) is 0.810. The Bertz CT molecular complexity index is 577. The van der Waals surface area contributed by atoms with Gasteiger partial charge in [0.15, 0.2) is 0 Å². The van der Waals surface area contributed by atoms with Crippen LogP contribution in [0.2, 0.25) is 0 Å². The highest BCUT2D eigenvalue weighted by Crippen LogP contribution is 2.32. The number of hydrogen-bond donors (Lipinski definition) is 0. The van der Waals surface area contributed by atoms with Gasteiger partial charge in [0.05, 0.1) is 4.88 Å². The Balaban J connectivity index is 1.91. The summed E-state index contributed by atoms with van der Waals surface area (Å²) in [6.07, 6.45) is 3.80. The molecule has 2 aromatic rings. The van der Waals surface area contributed by atoms with Crippen molar-refractivity contribution in [2.24, 2.45) is 0 Å². The number of rotatable bonds is 4. The zero-order valence-electron chi connectivity index (χ0n) is 10.9. The van der Waals surface area contributed by atoms with Crippen molar-refractivity contribution in [3.8, 4) is 0 Å². The summed E-state index contributed by atoms with van der Waals surface area (Å²) >= 11 is 3.61. The number of aryl methyl sites for hydroxylation is 2. The van der Waals surface area contributed by atoms with Crippen molar-refractivity contribution in [1.82, 2.24) is 9.78 Å². The average Bonchev–Trinajstić information content (AvgIpc) is 3.04. The van der Waals surface area contributed by atoms with Crippen LogP contribution in [-0.2, 0) is 18.7 Å². The van der Waals surface area contributed by atoms with Crippen LogP contribution in [0.4, 0.5) is 0 Å². The van der Waals surface area contributed by atoms with E-state index in [-0.39, 0.29) is 5.78 Å². The number of carbonyl (C=O) groups excluding carboxylic acids is 1. The van der Waals surface area contributed by atoms with Gasteiger partial charge in [0.25, 0.3) is 0 Å². The molecule has 2 aromatic heterocycles. The lowest BCUT2D eigenvalue weighted by Gasteiger charge is -2.08. The molecule has 0 spiro atoms. The largest absolute Gasteiger partial charge is 0.286 e. The van der Waals surface area contributed by atoms with Crippen molar-refractivity contribution in [2.45, 2.75) is 32.1 Å². The Morgan fingerprint density at radius 2 is 2.42 bits per heavy atom. The van der Waals surface area contributed by atoms with Gasteiger partial charge in [-0.25, -0.2) is 0 Å². The van der Waals surface area contributed by atoms with Crippen LogP contribution in [0.5, 0.6) is 0 Å². The standard InChI is InChI=1S/C14H16N2OS2/c1-2-6-16-11(3-5-15-16)14(17)13-8-10-9-18-7-4-12(10)19-13/h3,5,8H,2,4,6-7,9H2,1H3. The van der Waals surface area contributed by atoms with Crippen molar-refractivity contribution in [3.63, 3.8) is 0 Å². The fraction of sp³-hybridized carbons (Fsp3) is 0.429. The van der Waals surface area contributed by atoms with Gasteiger partial charge in [0.2, 0.25) is 5.78 Å². The van der Waals surface area contributed by atoms with Gasteiger partial charge in [-0.3, -0.25) is 9.48 Å². The molecular formula is C14H16N2OS2. The Labute approximate surface area is 121 Å². The van der Waals surface area contributed by atoms with E-state index in [9.17, 15) is 4.79 Å². The van der Waals surface area contributed by atoms with Gasteiger partial charge in [0.1, 0.15) is 5.69 Å². The van der Waals surface area contributed by atoms with E-state index >= 15 is 0 Å². The first kappa shape index (κ1) is 12.9. The summed E-state index contributed by atoms with van der Waals surface area (Å²) < 4.78 is 1.82. The molecule has 0 N–H and O–H groups in total. The van der Waals surface area contributed by atoms with Crippen LogP contribution in [0.25, 0.3) is 0 Å². The number of fused-ring (bicyclic) bond motifs is 1. The summed E-state index contributed by atoms with van der Waals surface area (Å²) in [5, 5.41) is 4.23. The maximum Gasteiger partial charge on any atom is 0.220 e. The predicted octanol–water partition coefficient (Wildman–Crippen LogP) is 3.37. The first-order valence-corrected chi connectivity index (χ1v) is 8.52. The maximum atomic E-state index is 12.6. The fourth-order valence-electron chi connectivity index (χ4n) is 2.30. The van der Waals surface area contributed by atoms with Crippen LogP contribution in [0, 0.1) is 0 Å². The molecule has 3 rings (SSSR count). The van der Waals surface area contributed by atoms with Crippen LogP contribution < -0.4 is 0 Å². The number of thiophene rings is 1. The third-order valence-corrected chi connectivity index (χ3v) is 5.48. The minimum atomic E-state index is 0.121. The molecule has 5 heteroatoms. The zero-order valence-corrected chi connectivity index (χ0v) is 12.5. The van der Waals surface area contributed by atoms with Crippen LogP contribution in [0.1, 0.15) is 39.2 Å². The molecule has 100 valence electrons. The summed E-state index contributed by atoms with van der Waals surface area (Å²) in [5.41, 5.74) is 2.07. The highest BCUT2D eigenvalue weighted by atomic mass is 32.2. The predicted molar refractivity (Wildman–Crippen MR) is 80.1 cm³/mol. The highest BCUT2D eigenvalue weighted by molar-refractivity contribution is 7.98. The summed E-state index contributed by atoms with van der Waals surface area (Å²) in [6.45, 7) is 2.89. The van der Waals surface area contributed by atoms with E-state index in [0.29, 0.717) is 5.69 Å². The molecule has 19 heavy (non-hydrogen) atoms. The zero-order chi connectivity index (χ0) is 13.2. The molecule has 0 radical (unpaired) electrons. The smallest absolute Gasteiger partial charge is 0.220 e. The average molecular weight is 292 g/mol. The minimum absolute atomic E-state index is 0.121. The topological polar surface area (TPSA) is 34.9 Å². The Morgan fingerprint density at radius 1 is 1.53 bits per heavy atom. The van der Waals surface area contributed by atoms with Gasteiger partial charge < -0.3 is 0 Å². The molecule has 0 atom stereocenters. The summed E-state index contributed by atoms with van der Waals surface area (Å²) in [6, 6.07) is 3.91. The molecule has 0 amide bonds. The van der Waals surface area contributed by atoms with Gasteiger partial charge in [-0.2, -0.15) is 16.9 Å². The minimum Gasteiger partial charge on any atom is -0.286 e. The first-order valence-electron chi connectivity index (χ1n) is 6.55. The summed E-state index contributed by atoms with van der Waals surface area (Å²) in [7, 11) is 0. The Morgan fingerprint density at radius 3 is 3.21 bits per heavy atom. The molecule has 0 unspecified atom stereocenters. The monoisotopic (exact) mass is 292 g/mol. The van der Waals surface area contributed by atoms with E-state index in [1.165, 1.54) is 16.2 Å². The van der Waals surface area contributed by atoms with Gasteiger partial charge in [-0.05, 0) is 36.3 Å². The molecule has 0 aromatic carbocycles. The number of ketones is 1. The van der Waals surface area contributed by atoms with E-state index < -0.39 is 0 Å². The second kappa shape index (κ2) is 5.51. The van der Waals surface area contributed by atoms with E-state index in [0.717, 1.165) is 30.0 Å². The van der Waals surface area contributed by atoms with Crippen LogP contribution >= 0.6 is 23.1 Å². The lowest BCUT2D eigenvalue weighted by atomic mass is 10.2.